The van der Waals surface area contributed by atoms with Gasteiger partial charge in [-0.15, -0.1) is 0 Å². The number of benzene rings is 11. The first-order chi connectivity index (χ1) is 51.8. The minimum Gasteiger partial charge on any atom is -0.311 e. The minimum absolute atomic E-state index is 0.0498. The van der Waals surface area contributed by atoms with Crippen molar-refractivity contribution in [2.75, 3.05) is 9.80 Å². The molecule has 0 saturated carbocycles. The molecule has 0 bridgehead atoms. The average molecular weight is 1480 g/mol. The summed E-state index contributed by atoms with van der Waals surface area (Å²) in [5.74, 6) is 0. The van der Waals surface area contributed by atoms with Crippen molar-refractivity contribution in [3.05, 3.63) is 250 Å². The van der Waals surface area contributed by atoms with Crippen LogP contribution in [-0.2, 0) is 54.1 Å². The van der Waals surface area contributed by atoms with Crippen LogP contribution < -0.4 is 26.2 Å². The Morgan fingerprint density at radius 3 is 0.598 bits per heavy atom. The highest BCUT2D eigenvalue weighted by Gasteiger charge is 2.46. The summed E-state index contributed by atoms with van der Waals surface area (Å²) >= 11 is 0. The van der Waals surface area contributed by atoms with E-state index >= 15 is 0 Å². The van der Waals surface area contributed by atoms with Crippen molar-refractivity contribution >= 4 is 123 Å². The zero-order valence-electron chi connectivity index (χ0n) is 73.3. The van der Waals surface area contributed by atoms with Gasteiger partial charge in [0.15, 0.2) is 0 Å². The summed E-state index contributed by atoms with van der Waals surface area (Å²) in [5, 5.41) is 7.65. The maximum absolute atomic E-state index is 2.73. The zero-order chi connectivity index (χ0) is 80.7. The smallest absolute Gasteiger partial charge is 0.252 e. The SMILES string of the molecule is CC(C)(C)c1cc(N2c3cc(-n4c5ccc(C(C)(C)C)cc5c5cc(C(C)(C)C)ccc54)ccc3B3c4ccc(-n5c6ccc(C(C)(C)C)cc6c6cc(C(C)(C)C)ccc65)cc4N(c4cc(C(C)(C)C)cc(C(C)(C)C)c4)c4cc(-n5c6ccc(C(C)(C)C)cc6c6cc(C(C)(C)C)ccc65)cc2c43)cc(C(C)(C)C)c1. The Kier molecular flexibility index (Phi) is 17.1. The molecule has 0 amide bonds. The van der Waals surface area contributed by atoms with E-state index < -0.39 is 0 Å². The highest BCUT2D eigenvalue weighted by atomic mass is 15.2. The molecule has 2 aliphatic heterocycles. The largest absolute Gasteiger partial charge is 0.311 e. The van der Waals surface area contributed by atoms with Crippen molar-refractivity contribution in [2.45, 2.75) is 262 Å². The number of hydrogen-bond donors (Lipinski definition) is 0. The summed E-state index contributed by atoms with van der Waals surface area (Å²) in [6, 6.07) is 79.4. The molecule has 0 radical (unpaired) electrons. The summed E-state index contributed by atoms with van der Waals surface area (Å²) in [4.78, 5) is 5.46. The van der Waals surface area contributed by atoms with Gasteiger partial charge in [-0.3, -0.25) is 0 Å². The molecule has 0 fully saturated rings. The van der Waals surface area contributed by atoms with Gasteiger partial charge in [0.1, 0.15) is 0 Å². The molecular formula is C106H122BN5. The normalized spacial score (nSPS) is 14.3. The first-order valence-electron chi connectivity index (χ1n) is 41.5. The standard InChI is InChI=1S/C106H122BN5/c1-97(2,3)63-31-41-86-78(53-63)79-54-64(98(4,5)6)32-42-87(79)108(86)73-37-39-84-92(59-73)111(75-49-69(103(19,20)21)47-70(50-75)104(22,23)24)94-61-77(110-90-45-35-67(101(13,14)15)57-82(90)83-58-68(102(16,17)18)36-46-91(83)110)62-95-96(94)107(84)85-40-38-74(60-93(85)112(95)76-51-71(105(25,26)27)48-72(52-76)106(28,29)30)109-88-43-33-65(99(7,8)9)55-80(88)81-56-66(100(10,11)12)34-44-89(81)109/h31-62H,1-30H3. The zero-order valence-corrected chi connectivity index (χ0v) is 73.3. The van der Waals surface area contributed by atoms with Crippen LogP contribution in [0.5, 0.6) is 0 Å². The molecule has 5 heterocycles. The highest BCUT2D eigenvalue weighted by molar-refractivity contribution is 7.00. The first kappa shape index (κ1) is 76.5. The molecule has 0 spiro atoms. The van der Waals surface area contributed by atoms with Crippen LogP contribution in [0.3, 0.4) is 0 Å². The van der Waals surface area contributed by atoms with Crippen LogP contribution in [0, 0.1) is 0 Å². The molecule has 0 N–H and O–H groups in total. The van der Waals surface area contributed by atoms with Crippen molar-refractivity contribution in [1.82, 2.24) is 13.7 Å². The number of rotatable bonds is 5. The fourth-order valence-corrected chi connectivity index (χ4v) is 17.8. The van der Waals surface area contributed by atoms with Gasteiger partial charge in [-0.25, -0.2) is 0 Å². The highest BCUT2D eigenvalue weighted by Crippen LogP contribution is 2.52. The molecule has 6 heteroatoms. The van der Waals surface area contributed by atoms with Crippen molar-refractivity contribution in [2.24, 2.45) is 0 Å². The van der Waals surface area contributed by atoms with Gasteiger partial charge in [-0.2, -0.15) is 0 Å². The monoisotopic (exact) mass is 1480 g/mol. The van der Waals surface area contributed by atoms with Crippen LogP contribution in [0.1, 0.15) is 263 Å². The average Bonchev–Trinajstić information content (AvgIpc) is 0.771. The van der Waals surface area contributed by atoms with Crippen LogP contribution in [0.25, 0.3) is 82.5 Å². The maximum Gasteiger partial charge on any atom is 0.252 e. The van der Waals surface area contributed by atoms with E-state index in [2.05, 4.69) is 425 Å². The fraction of sp³-hybridized carbons (Fsp3) is 0.377. The van der Waals surface area contributed by atoms with Gasteiger partial charge in [0.25, 0.3) is 6.71 Å². The molecule has 14 aromatic rings. The minimum atomic E-state index is -0.217. The molecule has 112 heavy (non-hydrogen) atoms. The molecule has 0 atom stereocenters. The second-order valence-corrected chi connectivity index (χ2v) is 43.9. The van der Waals surface area contributed by atoms with E-state index in [0.29, 0.717) is 0 Å². The summed E-state index contributed by atoms with van der Waals surface area (Å²) in [6.07, 6.45) is 0. The van der Waals surface area contributed by atoms with E-state index in [1.807, 2.05) is 0 Å². The molecule has 3 aromatic heterocycles. The molecule has 11 aromatic carbocycles. The quantitative estimate of drug-likeness (QED) is 0.160. The molecule has 16 rings (SSSR count). The van der Waals surface area contributed by atoms with Crippen LogP contribution in [-0.4, -0.2) is 20.4 Å². The maximum atomic E-state index is 2.73. The summed E-state index contributed by atoms with van der Waals surface area (Å²) in [5.41, 5.74) is 33.5. The number of nitrogens with zero attached hydrogens (tertiary/aromatic N) is 5. The predicted octanol–water partition coefficient (Wildman–Crippen LogP) is 28.0. The lowest BCUT2D eigenvalue weighted by Crippen LogP contribution is -2.61. The number of anilines is 6. The Morgan fingerprint density at radius 2 is 0.384 bits per heavy atom. The van der Waals surface area contributed by atoms with E-state index in [4.69, 9.17) is 0 Å². The Balaban J connectivity index is 1.10. The Bertz CT molecular complexity index is 5650. The third-order valence-corrected chi connectivity index (χ3v) is 25.1. The Hall–Kier alpha value is -9.52. The molecule has 574 valence electrons. The molecule has 0 aliphatic carbocycles. The molecular weight excluding hydrogens is 1350 g/mol. The molecule has 0 saturated heterocycles. The molecule has 5 nitrogen and oxygen atoms in total. The van der Waals surface area contributed by atoms with E-state index in [-0.39, 0.29) is 60.9 Å². The van der Waals surface area contributed by atoms with Gasteiger partial charge in [-0.1, -0.05) is 268 Å². The summed E-state index contributed by atoms with van der Waals surface area (Å²) in [7, 11) is 0. The van der Waals surface area contributed by atoms with E-state index in [9.17, 15) is 0 Å². The fourth-order valence-electron chi connectivity index (χ4n) is 17.8. The second-order valence-electron chi connectivity index (χ2n) is 43.9. The lowest BCUT2D eigenvalue weighted by molar-refractivity contribution is 0.568. The van der Waals surface area contributed by atoms with Crippen molar-refractivity contribution in [3.8, 4) is 17.1 Å². The lowest BCUT2D eigenvalue weighted by Gasteiger charge is -2.45. The van der Waals surface area contributed by atoms with Gasteiger partial charge < -0.3 is 23.5 Å². The van der Waals surface area contributed by atoms with E-state index in [1.54, 1.807) is 0 Å². The predicted molar refractivity (Wildman–Crippen MR) is 490 cm³/mol. The second kappa shape index (κ2) is 25.0. The van der Waals surface area contributed by atoms with Crippen LogP contribution in [0.2, 0.25) is 0 Å². The van der Waals surface area contributed by atoms with Crippen molar-refractivity contribution in [1.29, 1.82) is 0 Å². The summed E-state index contributed by atoms with van der Waals surface area (Å²) < 4.78 is 7.80. The molecule has 2 aliphatic rings. The van der Waals surface area contributed by atoms with Crippen molar-refractivity contribution < 1.29 is 0 Å². The Labute approximate surface area is 670 Å². The van der Waals surface area contributed by atoms with Gasteiger partial charge >= 0.3 is 0 Å². The third-order valence-electron chi connectivity index (χ3n) is 25.1. The lowest BCUT2D eigenvalue weighted by atomic mass is 9.33. The van der Waals surface area contributed by atoms with Crippen LogP contribution in [0.15, 0.2) is 194 Å². The van der Waals surface area contributed by atoms with Crippen LogP contribution in [0.4, 0.5) is 34.1 Å². The first-order valence-corrected chi connectivity index (χ1v) is 41.5. The third kappa shape index (κ3) is 12.8. The van der Waals surface area contributed by atoms with E-state index in [1.165, 1.54) is 160 Å². The topological polar surface area (TPSA) is 21.3 Å². The van der Waals surface area contributed by atoms with Gasteiger partial charge in [0.2, 0.25) is 0 Å². The van der Waals surface area contributed by atoms with Gasteiger partial charge in [0, 0.05) is 77.8 Å². The van der Waals surface area contributed by atoms with E-state index in [0.717, 1.165) is 28.4 Å². The van der Waals surface area contributed by atoms with Gasteiger partial charge in [-0.05, 0) is 260 Å². The van der Waals surface area contributed by atoms with Gasteiger partial charge in [0.05, 0.1) is 38.8 Å². The number of fused-ring (bicyclic) bond motifs is 13. The number of aromatic nitrogens is 3. The number of hydrogen-bond acceptors (Lipinski definition) is 2. The van der Waals surface area contributed by atoms with Crippen molar-refractivity contribution in [3.63, 3.8) is 0 Å². The summed E-state index contributed by atoms with van der Waals surface area (Å²) in [6.45, 7) is 70.7. The Morgan fingerprint density at radius 1 is 0.179 bits per heavy atom. The molecule has 0 unspecified atom stereocenters. The van der Waals surface area contributed by atoms with Crippen LogP contribution >= 0.6 is 0 Å².